The number of hydrogen-bond acceptors (Lipinski definition) is 4. The van der Waals surface area contributed by atoms with E-state index in [4.69, 9.17) is 9.15 Å². The van der Waals surface area contributed by atoms with Crippen LogP contribution < -0.4 is 4.90 Å². The maximum atomic E-state index is 12.8. The Morgan fingerprint density at radius 1 is 1.21 bits per heavy atom. The van der Waals surface area contributed by atoms with E-state index in [1.165, 1.54) is 0 Å². The molecule has 1 saturated heterocycles. The third-order valence-corrected chi connectivity index (χ3v) is 4.34. The van der Waals surface area contributed by atoms with Crippen LogP contribution in [0.15, 0.2) is 47.1 Å². The largest absolute Gasteiger partial charge is 0.467 e. The highest BCUT2D eigenvalue weighted by molar-refractivity contribution is 5.96. The van der Waals surface area contributed by atoms with E-state index in [0.29, 0.717) is 25.3 Å². The van der Waals surface area contributed by atoms with Crippen LogP contribution in [0.2, 0.25) is 0 Å². The Balaban J connectivity index is 1.51. The molecule has 0 bridgehead atoms. The van der Waals surface area contributed by atoms with Gasteiger partial charge in [0.15, 0.2) is 0 Å². The summed E-state index contributed by atoms with van der Waals surface area (Å²) in [7, 11) is 0. The smallest absolute Gasteiger partial charge is 0.414 e. The maximum absolute atomic E-state index is 12.8. The second-order valence-electron chi connectivity index (χ2n) is 6.06. The van der Waals surface area contributed by atoms with Crippen molar-refractivity contribution in [2.75, 3.05) is 18.1 Å². The second-order valence-corrected chi connectivity index (χ2v) is 6.06. The fourth-order valence-electron chi connectivity index (χ4n) is 2.90. The molecule has 6 heteroatoms. The fourth-order valence-corrected chi connectivity index (χ4v) is 2.90. The van der Waals surface area contributed by atoms with Gasteiger partial charge in [-0.25, -0.2) is 4.79 Å². The Hall–Kier alpha value is -2.76. The van der Waals surface area contributed by atoms with Crippen molar-refractivity contribution in [1.29, 1.82) is 0 Å². The zero-order valence-electron chi connectivity index (χ0n) is 13.2. The Morgan fingerprint density at radius 2 is 2.00 bits per heavy atom. The highest BCUT2D eigenvalue weighted by Crippen LogP contribution is 2.30. The topological polar surface area (TPSA) is 63.0 Å². The van der Waals surface area contributed by atoms with Crippen molar-refractivity contribution in [3.8, 4) is 0 Å². The number of carbonyl (C=O) groups is 2. The normalized spacial score (nSPS) is 17.0. The molecule has 2 heterocycles. The third kappa shape index (κ3) is 2.87. The van der Waals surface area contributed by atoms with E-state index < -0.39 is 0 Å². The number of nitrogens with zero attached hydrogens (tertiary/aromatic N) is 2. The second kappa shape index (κ2) is 6.03. The Labute approximate surface area is 139 Å². The summed E-state index contributed by atoms with van der Waals surface area (Å²) in [4.78, 5) is 27.8. The van der Waals surface area contributed by atoms with Crippen LogP contribution in [-0.2, 0) is 11.3 Å². The van der Waals surface area contributed by atoms with Gasteiger partial charge in [-0.1, -0.05) is 0 Å². The first-order valence-electron chi connectivity index (χ1n) is 8.10. The van der Waals surface area contributed by atoms with Crippen molar-refractivity contribution < 1.29 is 18.7 Å². The predicted molar refractivity (Wildman–Crippen MR) is 86.7 cm³/mol. The van der Waals surface area contributed by atoms with E-state index in [1.54, 1.807) is 35.4 Å². The molecular formula is C18H18N2O4. The summed E-state index contributed by atoms with van der Waals surface area (Å²) in [5.41, 5.74) is 1.36. The first-order chi connectivity index (χ1) is 11.7. The average molecular weight is 326 g/mol. The van der Waals surface area contributed by atoms with Gasteiger partial charge in [-0.15, -0.1) is 0 Å². The standard InChI is InChI=1S/C18H18N2O4/c21-17(20(15-7-8-15)12-16-2-1-10-23-16)13-3-5-14(6-4-13)19-9-11-24-18(19)22/h1-6,10,15H,7-9,11-12H2. The van der Waals surface area contributed by atoms with Crippen LogP contribution in [0.4, 0.5) is 10.5 Å². The molecule has 2 aliphatic rings. The van der Waals surface area contributed by atoms with Gasteiger partial charge in [0.1, 0.15) is 12.4 Å². The minimum Gasteiger partial charge on any atom is -0.467 e. The molecule has 1 aromatic heterocycles. The first kappa shape index (κ1) is 14.8. The van der Waals surface area contributed by atoms with E-state index in [1.807, 2.05) is 17.0 Å². The zero-order chi connectivity index (χ0) is 16.5. The molecule has 0 unspecified atom stereocenters. The number of carbonyl (C=O) groups excluding carboxylic acids is 2. The molecule has 1 aromatic carbocycles. The lowest BCUT2D eigenvalue weighted by atomic mass is 10.1. The number of ether oxygens (including phenoxy) is 1. The summed E-state index contributed by atoms with van der Waals surface area (Å²) in [5.74, 6) is 0.774. The molecule has 2 amide bonds. The summed E-state index contributed by atoms with van der Waals surface area (Å²) >= 11 is 0. The molecule has 4 rings (SSSR count). The average Bonchev–Trinajstić information content (AvgIpc) is 3.14. The molecule has 1 aliphatic heterocycles. The van der Waals surface area contributed by atoms with Gasteiger partial charge >= 0.3 is 6.09 Å². The van der Waals surface area contributed by atoms with Gasteiger partial charge in [-0.2, -0.15) is 0 Å². The number of benzene rings is 1. The lowest BCUT2D eigenvalue weighted by Gasteiger charge is -2.22. The minimum atomic E-state index is -0.341. The van der Waals surface area contributed by atoms with Gasteiger partial charge < -0.3 is 14.1 Å². The molecule has 124 valence electrons. The van der Waals surface area contributed by atoms with Crippen molar-refractivity contribution in [2.45, 2.75) is 25.4 Å². The van der Waals surface area contributed by atoms with Gasteiger partial charge in [-0.3, -0.25) is 9.69 Å². The third-order valence-electron chi connectivity index (χ3n) is 4.34. The maximum Gasteiger partial charge on any atom is 0.414 e. The molecule has 1 saturated carbocycles. The molecule has 24 heavy (non-hydrogen) atoms. The number of anilines is 1. The molecule has 2 aromatic rings. The summed E-state index contributed by atoms with van der Waals surface area (Å²) in [6.45, 7) is 1.42. The molecule has 0 spiro atoms. The summed E-state index contributed by atoms with van der Waals surface area (Å²) in [6, 6.07) is 11.1. The lowest BCUT2D eigenvalue weighted by molar-refractivity contribution is 0.0717. The summed E-state index contributed by atoms with van der Waals surface area (Å²) < 4.78 is 10.3. The Kier molecular flexibility index (Phi) is 3.72. The van der Waals surface area contributed by atoms with Gasteiger partial charge in [-0.05, 0) is 49.2 Å². The lowest BCUT2D eigenvalue weighted by Crippen LogP contribution is -2.32. The van der Waals surface area contributed by atoms with Crippen LogP contribution in [0.5, 0.6) is 0 Å². The number of amides is 2. The van der Waals surface area contributed by atoms with Gasteiger partial charge in [0.05, 0.1) is 19.4 Å². The van der Waals surface area contributed by atoms with Crippen molar-refractivity contribution in [1.82, 2.24) is 4.90 Å². The van der Waals surface area contributed by atoms with Crippen LogP contribution in [0.3, 0.4) is 0 Å². The molecule has 6 nitrogen and oxygen atoms in total. The molecular weight excluding hydrogens is 308 g/mol. The van der Waals surface area contributed by atoms with E-state index in [9.17, 15) is 9.59 Å². The summed E-state index contributed by atoms with van der Waals surface area (Å²) in [6.07, 6.45) is 3.34. The Morgan fingerprint density at radius 3 is 2.58 bits per heavy atom. The van der Waals surface area contributed by atoms with Crippen molar-refractivity contribution >= 4 is 17.7 Å². The van der Waals surface area contributed by atoms with Gasteiger partial charge in [0, 0.05) is 17.3 Å². The summed E-state index contributed by atoms with van der Waals surface area (Å²) in [5, 5.41) is 0. The SMILES string of the molecule is O=C1OCCN1c1ccc(C(=O)N(Cc2ccco2)C2CC2)cc1. The molecule has 0 atom stereocenters. The molecule has 0 radical (unpaired) electrons. The van der Waals surface area contributed by atoms with E-state index in [2.05, 4.69) is 0 Å². The van der Waals surface area contributed by atoms with Crippen LogP contribution in [0, 0.1) is 0 Å². The number of furan rings is 1. The van der Waals surface area contributed by atoms with Gasteiger partial charge in [0.25, 0.3) is 5.91 Å². The monoisotopic (exact) mass is 326 g/mol. The Bertz CT molecular complexity index is 735. The highest BCUT2D eigenvalue weighted by Gasteiger charge is 2.33. The molecule has 2 fully saturated rings. The minimum absolute atomic E-state index is 0.00977. The van der Waals surface area contributed by atoms with Crippen LogP contribution in [0.25, 0.3) is 0 Å². The quantitative estimate of drug-likeness (QED) is 0.847. The van der Waals surface area contributed by atoms with E-state index in [0.717, 1.165) is 24.3 Å². The van der Waals surface area contributed by atoms with Gasteiger partial charge in [0.2, 0.25) is 0 Å². The fraction of sp³-hybridized carbons (Fsp3) is 0.333. The predicted octanol–water partition coefficient (Wildman–Crippen LogP) is 3.04. The van der Waals surface area contributed by atoms with Crippen molar-refractivity contribution in [3.05, 3.63) is 54.0 Å². The van der Waals surface area contributed by atoms with Crippen LogP contribution in [0.1, 0.15) is 29.0 Å². The molecule has 1 aliphatic carbocycles. The highest BCUT2D eigenvalue weighted by atomic mass is 16.6. The van der Waals surface area contributed by atoms with Crippen molar-refractivity contribution in [2.24, 2.45) is 0 Å². The van der Waals surface area contributed by atoms with E-state index in [-0.39, 0.29) is 18.0 Å². The van der Waals surface area contributed by atoms with Crippen LogP contribution >= 0.6 is 0 Å². The van der Waals surface area contributed by atoms with E-state index >= 15 is 0 Å². The number of cyclic esters (lactones) is 1. The van der Waals surface area contributed by atoms with Crippen molar-refractivity contribution in [3.63, 3.8) is 0 Å². The first-order valence-corrected chi connectivity index (χ1v) is 8.10. The number of rotatable bonds is 5. The number of hydrogen-bond donors (Lipinski definition) is 0. The van der Waals surface area contributed by atoms with Crippen LogP contribution in [-0.4, -0.2) is 36.1 Å². The zero-order valence-corrected chi connectivity index (χ0v) is 13.2. The molecule has 0 N–H and O–H groups in total.